The fraction of sp³-hybridized carbons (Fsp3) is 0.227. The van der Waals surface area contributed by atoms with Crippen molar-refractivity contribution in [1.29, 1.82) is 0 Å². The van der Waals surface area contributed by atoms with Gasteiger partial charge in [0.15, 0.2) is 5.13 Å². The van der Waals surface area contributed by atoms with E-state index in [2.05, 4.69) is 20.6 Å². The Labute approximate surface area is 177 Å². The van der Waals surface area contributed by atoms with Crippen LogP contribution >= 0.6 is 11.3 Å². The lowest BCUT2D eigenvalue weighted by atomic mass is 10.0. The molecule has 154 valence electrons. The van der Waals surface area contributed by atoms with E-state index < -0.39 is 6.04 Å². The molecule has 0 spiro atoms. The summed E-state index contributed by atoms with van der Waals surface area (Å²) in [6, 6.07) is 12.8. The topological polar surface area (TPSA) is 96.1 Å². The summed E-state index contributed by atoms with van der Waals surface area (Å²) in [5.74, 6) is 0.196. The smallest absolute Gasteiger partial charge is 0.249 e. The van der Waals surface area contributed by atoms with Gasteiger partial charge in [0.2, 0.25) is 11.8 Å². The molecule has 0 aliphatic heterocycles. The third kappa shape index (κ3) is 4.28. The molecule has 2 amide bonds. The fourth-order valence-electron chi connectivity index (χ4n) is 3.38. The van der Waals surface area contributed by atoms with Crippen molar-refractivity contribution in [3.8, 4) is 5.75 Å². The van der Waals surface area contributed by atoms with Crippen molar-refractivity contribution in [2.45, 2.75) is 26.3 Å². The highest BCUT2D eigenvalue weighted by atomic mass is 32.1. The average Bonchev–Trinajstić information content (AvgIpc) is 3.30. The van der Waals surface area contributed by atoms with Crippen molar-refractivity contribution in [2.75, 3.05) is 11.9 Å². The summed E-state index contributed by atoms with van der Waals surface area (Å²) >= 11 is 1.37. The zero-order valence-electron chi connectivity index (χ0n) is 16.7. The molecule has 7 nitrogen and oxygen atoms in total. The second kappa shape index (κ2) is 8.54. The number of amides is 2. The number of nitrogens with one attached hydrogen (secondary N) is 3. The Hall–Kier alpha value is -3.39. The number of H-pyrrole nitrogens is 1. The minimum atomic E-state index is -0.715. The number of carbonyl (C=O) groups excluding carboxylic acids is 2. The quantitative estimate of drug-likeness (QED) is 0.421. The molecule has 2 aromatic carbocycles. The van der Waals surface area contributed by atoms with Gasteiger partial charge >= 0.3 is 0 Å². The highest BCUT2D eigenvalue weighted by Crippen LogP contribution is 2.29. The normalized spacial score (nSPS) is 12.1. The molecule has 8 heteroatoms. The first-order chi connectivity index (χ1) is 14.5. The number of aromatic nitrogens is 2. The van der Waals surface area contributed by atoms with E-state index in [1.54, 1.807) is 0 Å². The highest BCUT2D eigenvalue weighted by molar-refractivity contribution is 7.22. The fourth-order valence-corrected chi connectivity index (χ4v) is 4.28. The molecule has 0 fully saturated rings. The highest BCUT2D eigenvalue weighted by Gasteiger charge is 2.22. The van der Waals surface area contributed by atoms with E-state index in [1.807, 2.05) is 55.6 Å². The molecular formula is C22H22N4O3S. The maximum absolute atomic E-state index is 13.0. The number of anilines is 1. The van der Waals surface area contributed by atoms with E-state index in [-0.39, 0.29) is 11.8 Å². The molecule has 30 heavy (non-hydrogen) atoms. The molecular weight excluding hydrogens is 400 g/mol. The van der Waals surface area contributed by atoms with Crippen molar-refractivity contribution in [3.05, 3.63) is 54.2 Å². The molecule has 3 N–H and O–H groups in total. The number of aromatic amines is 1. The van der Waals surface area contributed by atoms with Crippen molar-refractivity contribution in [1.82, 2.24) is 15.3 Å². The van der Waals surface area contributed by atoms with Crippen LogP contribution in [0.1, 0.15) is 19.4 Å². The van der Waals surface area contributed by atoms with Gasteiger partial charge in [0, 0.05) is 30.4 Å². The maximum atomic E-state index is 13.0. The van der Waals surface area contributed by atoms with Crippen LogP contribution in [-0.4, -0.2) is 34.4 Å². The van der Waals surface area contributed by atoms with E-state index in [4.69, 9.17) is 4.74 Å². The summed E-state index contributed by atoms with van der Waals surface area (Å²) in [5.41, 5.74) is 2.74. The molecule has 0 unspecified atom stereocenters. The van der Waals surface area contributed by atoms with E-state index in [0.717, 1.165) is 32.4 Å². The van der Waals surface area contributed by atoms with Gasteiger partial charge in [-0.05, 0) is 36.8 Å². The Morgan fingerprint density at radius 2 is 2.07 bits per heavy atom. The number of thiazole rings is 1. The van der Waals surface area contributed by atoms with Crippen molar-refractivity contribution in [2.24, 2.45) is 0 Å². The van der Waals surface area contributed by atoms with Crippen LogP contribution in [0.5, 0.6) is 5.75 Å². The summed E-state index contributed by atoms with van der Waals surface area (Å²) in [6.45, 7) is 3.92. The van der Waals surface area contributed by atoms with Crippen LogP contribution < -0.4 is 15.4 Å². The number of fused-ring (bicyclic) bond motifs is 2. The molecule has 4 rings (SSSR count). The molecule has 1 atom stereocenters. The van der Waals surface area contributed by atoms with Gasteiger partial charge in [0.05, 0.1) is 16.8 Å². The van der Waals surface area contributed by atoms with Gasteiger partial charge in [0.25, 0.3) is 0 Å². The lowest BCUT2D eigenvalue weighted by Crippen LogP contribution is -2.44. The molecule has 0 saturated carbocycles. The van der Waals surface area contributed by atoms with Gasteiger partial charge in [-0.15, -0.1) is 0 Å². The second-order valence-corrected chi connectivity index (χ2v) is 7.92. The predicted molar refractivity (Wildman–Crippen MR) is 119 cm³/mol. The summed E-state index contributed by atoms with van der Waals surface area (Å²) < 4.78 is 6.44. The Morgan fingerprint density at radius 1 is 1.23 bits per heavy atom. The number of hydrogen-bond donors (Lipinski definition) is 3. The first kappa shape index (κ1) is 19.9. The van der Waals surface area contributed by atoms with Crippen molar-refractivity contribution >= 4 is 49.4 Å². The van der Waals surface area contributed by atoms with E-state index in [9.17, 15) is 9.59 Å². The summed E-state index contributed by atoms with van der Waals surface area (Å²) in [7, 11) is 0. The Kier molecular flexibility index (Phi) is 5.67. The number of benzene rings is 2. The van der Waals surface area contributed by atoms with Crippen LogP contribution in [0.3, 0.4) is 0 Å². The van der Waals surface area contributed by atoms with Gasteiger partial charge in [-0.3, -0.25) is 9.59 Å². The molecule has 0 aliphatic rings. The average molecular weight is 423 g/mol. The molecule has 0 bridgehead atoms. The first-order valence-corrected chi connectivity index (χ1v) is 10.5. The molecule has 0 aliphatic carbocycles. The van der Waals surface area contributed by atoms with Gasteiger partial charge in [-0.25, -0.2) is 4.98 Å². The largest absolute Gasteiger partial charge is 0.494 e. The van der Waals surface area contributed by atoms with Crippen molar-refractivity contribution in [3.63, 3.8) is 0 Å². The number of rotatable bonds is 7. The number of hydrogen-bond acceptors (Lipinski definition) is 5. The van der Waals surface area contributed by atoms with Gasteiger partial charge < -0.3 is 20.4 Å². The van der Waals surface area contributed by atoms with Crippen LogP contribution in [0, 0.1) is 0 Å². The number of nitrogens with zero attached hydrogens (tertiary/aromatic N) is 1. The summed E-state index contributed by atoms with van der Waals surface area (Å²) in [5, 5.41) is 7.12. The third-order valence-electron chi connectivity index (χ3n) is 4.69. The first-order valence-electron chi connectivity index (χ1n) is 9.70. The number of ether oxygens (including phenoxy) is 1. The molecule has 2 heterocycles. The lowest BCUT2D eigenvalue weighted by molar-refractivity contribution is -0.125. The van der Waals surface area contributed by atoms with Crippen LogP contribution in [0.25, 0.3) is 21.1 Å². The minimum Gasteiger partial charge on any atom is -0.494 e. The standard InChI is InChI=1S/C22H22N4O3S/c1-3-29-15-8-9-18-20(11-15)30-22(25-18)26-21(28)19(24-13(2)27)10-14-12-23-17-7-5-4-6-16(14)17/h4-9,11-12,19,23H,3,10H2,1-2H3,(H,24,27)(H,25,26,28)/t19-/m0/s1. The predicted octanol–water partition coefficient (Wildman–Crippen LogP) is 3.86. The van der Waals surface area contributed by atoms with E-state index in [1.165, 1.54) is 18.3 Å². The molecule has 0 saturated heterocycles. The zero-order chi connectivity index (χ0) is 21.1. The monoisotopic (exact) mass is 422 g/mol. The Balaban J connectivity index is 1.54. The molecule has 4 aromatic rings. The number of carbonyl (C=O) groups is 2. The Bertz CT molecular complexity index is 1210. The van der Waals surface area contributed by atoms with Crippen LogP contribution in [0.15, 0.2) is 48.7 Å². The van der Waals surface area contributed by atoms with E-state index >= 15 is 0 Å². The molecule has 2 aromatic heterocycles. The SMILES string of the molecule is CCOc1ccc2nc(NC(=O)[C@H](Cc3c[nH]c4ccccc34)NC(C)=O)sc2c1. The maximum Gasteiger partial charge on any atom is 0.249 e. The van der Waals surface area contributed by atoms with Crippen molar-refractivity contribution < 1.29 is 14.3 Å². The summed E-state index contributed by atoms with van der Waals surface area (Å²) in [4.78, 5) is 32.4. The van der Waals surface area contributed by atoms with Gasteiger partial charge in [-0.2, -0.15) is 0 Å². The second-order valence-electron chi connectivity index (χ2n) is 6.89. The number of para-hydroxylation sites is 1. The lowest BCUT2D eigenvalue weighted by Gasteiger charge is -2.16. The van der Waals surface area contributed by atoms with E-state index in [0.29, 0.717) is 18.2 Å². The third-order valence-corrected chi connectivity index (χ3v) is 5.63. The zero-order valence-corrected chi connectivity index (χ0v) is 17.5. The van der Waals surface area contributed by atoms with Crippen LogP contribution in [-0.2, 0) is 16.0 Å². The minimum absolute atomic E-state index is 0.263. The van der Waals surface area contributed by atoms with Gasteiger partial charge in [0.1, 0.15) is 11.8 Å². The van der Waals surface area contributed by atoms with Gasteiger partial charge in [-0.1, -0.05) is 29.5 Å². The Morgan fingerprint density at radius 3 is 2.87 bits per heavy atom. The van der Waals surface area contributed by atoms with Crippen LogP contribution in [0.4, 0.5) is 5.13 Å². The molecule has 0 radical (unpaired) electrons. The summed E-state index contributed by atoms with van der Waals surface area (Å²) in [6.07, 6.45) is 2.24. The van der Waals surface area contributed by atoms with Crippen LogP contribution in [0.2, 0.25) is 0 Å².